The lowest BCUT2D eigenvalue weighted by Crippen LogP contribution is -2.50. The smallest absolute Gasteiger partial charge is 0.171 e. The van der Waals surface area contributed by atoms with Gasteiger partial charge in [-0.3, -0.25) is 4.99 Å². The van der Waals surface area contributed by atoms with E-state index >= 15 is 0 Å². The molecule has 0 aromatic heterocycles. The van der Waals surface area contributed by atoms with Crippen molar-refractivity contribution in [2.75, 3.05) is 13.1 Å². The second-order valence-electron chi connectivity index (χ2n) is 6.03. The lowest BCUT2D eigenvalue weighted by molar-refractivity contribution is 0.368. The predicted octanol–water partition coefficient (Wildman–Crippen LogP) is 2.26. The molecule has 3 aliphatic rings. The lowest BCUT2D eigenvalue weighted by atomic mass is 9.78. The minimum Gasteiger partial charge on any atom is -0.368 e. The van der Waals surface area contributed by atoms with E-state index in [9.17, 15) is 0 Å². The second kappa shape index (κ2) is 5.72. The van der Waals surface area contributed by atoms with Crippen LogP contribution in [0, 0.1) is 5.92 Å². The zero-order valence-electron chi connectivity index (χ0n) is 12.4. The van der Waals surface area contributed by atoms with E-state index < -0.39 is 0 Å². The minimum absolute atomic E-state index is 0.252. The third-order valence-corrected chi connectivity index (χ3v) is 4.91. The maximum atomic E-state index is 5.46. The molecule has 1 aromatic carbocycles. The van der Waals surface area contributed by atoms with E-state index in [0.717, 1.165) is 30.5 Å². The molecule has 1 saturated heterocycles. The Balaban J connectivity index is 1.75. The highest BCUT2D eigenvalue weighted by Gasteiger charge is 2.36. The molecule has 0 radical (unpaired) electrons. The summed E-state index contributed by atoms with van der Waals surface area (Å²) < 4.78 is 0. The van der Waals surface area contributed by atoms with Crippen molar-refractivity contribution in [2.24, 2.45) is 10.9 Å². The first-order valence-electron chi connectivity index (χ1n) is 7.97. The van der Waals surface area contributed by atoms with Crippen LogP contribution in [0.5, 0.6) is 0 Å². The molecule has 2 atom stereocenters. The number of hydrogen-bond acceptors (Lipinski definition) is 3. The van der Waals surface area contributed by atoms with Gasteiger partial charge in [-0.05, 0) is 37.0 Å². The lowest BCUT2D eigenvalue weighted by Gasteiger charge is -2.40. The summed E-state index contributed by atoms with van der Waals surface area (Å²) in [4.78, 5) is 4.62. The van der Waals surface area contributed by atoms with Gasteiger partial charge in [-0.15, -0.1) is 0 Å². The number of amidine groups is 1. The molecule has 0 saturated carbocycles. The van der Waals surface area contributed by atoms with Crippen LogP contribution in [-0.4, -0.2) is 24.0 Å². The summed E-state index contributed by atoms with van der Waals surface area (Å²) in [6, 6.07) is 10.9. The molecule has 2 aliphatic heterocycles. The summed E-state index contributed by atoms with van der Waals surface area (Å²) in [5, 5.41) is 11.0. The van der Waals surface area contributed by atoms with Crippen molar-refractivity contribution in [3.8, 4) is 0 Å². The average Bonchev–Trinajstić information content (AvgIpc) is 3.08. The standard InChI is InChI=1S/C17H20N4S/c22-17-20-14(11-5-2-1-3-6-11)12-7-4-8-13(15(12)21-17)16-18-9-10-19-16/h1-3,5-6,12,14H,4,7-10H2,(H,18,19)(H2,20,21,22). The maximum Gasteiger partial charge on any atom is 0.171 e. The van der Waals surface area contributed by atoms with Crippen molar-refractivity contribution in [3.63, 3.8) is 0 Å². The number of aliphatic imine (C=N–C) groups is 1. The zero-order chi connectivity index (χ0) is 14.9. The van der Waals surface area contributed by atoms with Gasteiger partial charge >= 0.3 is 0 Å². The van der Waals surface area contributed by atoms with E-state index in [2.05, 4.69) is 51.3 Å². The normalized spacial score (nSPS) is 27.5. The number of fused-ring (bicyclic) bond motifs is 1. The first-order valence-corrected chi connectivity index (χ1v) is 8.38. The van der Waals surface area contributed by atoms with E-state index in [1.54, 1.807) is 0 Å². The molecular formula is C17H20N4S. The van der Waals surface area contributed by atoms with Crippen LogP contribution in [0.4, 0.5) is 0 Å². The summed E-state index contributed by atoms with van der Waals surface area (Å²) >= 11 is 5.46. The Morgan fingerprint density at radius 3 is 2.82 bits per heavy atom. The molecule has 2 unspecified atom stereocenters. The maximum absolute atomic E-state index is 5.46. The molecule has 0 amide bonds. The van der Waals surface area contributed by atoms with Crippen LogP contribution in [0.15, 0.2) is 46.6 Å². The fraction of sp³-hybridized carbons (Fsp3) is 0.412. The van der Waals surface area contributed by atoms with E-state index in [4.69, 9.17) is 12.2 Å². The van der Waals surface area contributed by atoms with Crippen molar-refractivity contribution in [3.05, 3.63) is 47.2 Å². The van der Waals surface area contributed by atoms with Crippen LogP contribution < -0.4 is 16.0 Å². The predicted molar refractivity (Wildman–Crippen MR) is 92.7 cm³/mol. The molecule has 2 heterocycles. The fourth-order valence-electron chi connectivity index (χ4n) is 3.73. The van der Waals surface area contributed by atoms with Gasteiger partial charge in [-0.1, -0.05) is 30.3 Å². The topological polar surface area (TPSA) is 48.5 Å². The highest BCUT2D eigenvalue weighted by molar-refractivity contribution is 7.80. The van der Waals surface area contributed by atoms with E-state index in [1.807, 2.05) is 0 Å². The largest absolute Gasteiger partial charge is 0.368 e. The van der Waals surface area contributed by atoms with Crippen LogP contribution in [0.3, 0.4) is 0 Å². The summed E-state index contributed by atoms with van der Waals surface area (Å²) in [5.41, 5.74) is 3.91. The number of thiocarbonyl (C=S) groups is 1. The summed E-state index contributed by atoms with van der Waals surface area (Å²) in [7, 11) is 0. The van der Waals surface area contributed by atoms with Gasteiger partial charge < -0.3 is 16.0 Å². The van der Waals surface area contributed by atoms with E-state index in [1.165, 1.54) is 29.7 Å². The molecule has 0 bridgehead atoms. The molecule has 4 rings (SSSR count). The molecular weight excluding hydrogens is 292 g/mol. The van der Waals surface area contributed by atoms with Crippen molar-refractivity contribution < 1.29 is 0 Å². The van der Waals surface area contributed by atoms with Crippen LogP contribution in [0.2, 0.25) is 0 Å². The summed E-state index contributed by atoms with van der Waals surface area (Å²) in [6.07, 6.45) is 3.45. The Bertz CT molecular complexity index is 650. The summed E-state index contributed by atoms with van der Waals surface area (Å²) in [6.45, 7) is 1.82. The fourth-order valence-corrected chi connectivity index (χ4v) is 3.96. The monoisotopic (exact) mass is 312 g/mol. The van der Waals surface area contributed by atoms with Crippen molar-refractivity contribution >= 4 is 23.2 Å². The van der Waals surface area contributed by atoms with Gasteiger partial charge in [-0.25, -0.2) is 0 Å². The Hall–Kier alpha value is -1.88. The number of hydrogen-bond donors (Lipinski definition) is 3. The quantitative estimate of drug-likeness (QED) is 0.733. The minimum atomic E-state index is 0.252. The molecule has 4 nitrogen and oxygen atoms in total. The Morgan fingerprint density at radius 2 is 2.05 bits per heavy atom. The van der Waals surface area contributed by atoms with Gasteiger partial charge in [0.1, 0.15) is 5.84 Å². The van der Waals surface area contributed by atoms with Gasteiger partial charge in [0.2, 0.25) is 0 Å². The van der Waals surface area contributed by atoms with Gasteiger partial charge in [0.05, 0.1) is 12.6 Å². The van der Waals surface area contributed by atoms with Crippen LogP contribution in [0.25, 0.3) is 0 Å². The molecule has 22 heavy (non-hydrogen) atoms. The third-order valence-electron chi connectivity index (χ3n) is 4.69. The van der Waals surface area contributed by atoms with Gasteiger partial charge in [0, 0.05) is 23.7 Å². The van der Waals surface area contributed by atoms with Crippen molar-refractivity contribution in [1.82, 2.24) is 16.0 Å². The van der Waals surface area contributed by atoms with Crippen molar-refractivity contribution in [1.29, 1.82) is 0 Å². The number of nitrogens with zero attached hydrogens (tertiary/aromatic N) is 1. The number of rotatable bonds is 2. The number of benzene rings is 1. The Kier molecular flexibility index (Phi) is 3.58. The Labute approximate surface area is 136 Å². The highest BCUT2D eigenvalue weighted by atomic mass is 32.1. The molecule has 1 aliphatic carbocycles. The SMILES string of the molecule is S=C1NC2=C(C3=NCCN3)CCCC2C(c2ccccc2)N1. The zero-order valence-corrected chi connectivity index (χ0v) is 13.2. The first kappa shape index (κ1) is 13.8. The van der Waals surface area contributed by atoms with Gasteiger partial charge in [0.25, 0.3) is 0 Å². The van der Waals surface area contributed by atoms with Crippen LogP contribution in [0.1, 0.15) is 30.9 Å². The van der Waals surface area contributed by atoms with E-state index in [0.29, 0.717) is 5.92 Å². The van der Waals surface area contributed by atoms with Crippen molar-refractivity contribution in [2.45, 2.75) is 25.3 Å². The summed E-state index contributed by atoms with van der Waals surface area (Å²) in [5.74, 6) is 1.51. The molecule has 1 fully saturated rings. The molecule has 3 N–H and O–H groups in total. The molecule has 1 aromatic rings. The number of nitrogens with one attached hydrogen (secondary N) is 3. The van der Waals surface area contributed by atoms with Gasteiger partial charge in [-0.2, -0.15) is 0 Å². The second-order valence-corrected chi connectivity index (χ2v) is 6.44. The van der Waals surface area contributed by atoms with E-state index in [-0.39, 0.29) is 6.04 Å². The van der Waals surface area contributed by atoms with Crippen LogP contribution in [-0.2, 0) is 0 Å². The first-order chi connectivity index (χ1) is 10.8. The average molecular weight is 312 g/mol. The molecule has 0 spiro atoms. The van der Waals surface area contributed by atoms with Gasteiger partial charge in [0.15, 0.2) is 5.11 Å². The molecule has 114 valence electrons. The third kappa shape index (κ3) is 2.39. The Morgan fingerprint density at radius 1 is 1.18 bits per heavy atom. The highest BCUT2D eigenvalue weighted by Crippen LogP contribution is 2.39. The van der Waals surface area contributed by atoms with Crippen LogP contribution >= 0.6 is 12.2 Å². The molecule has 5 heteroatoms.